The summed E-state index contributed by atoms with van der Waals surface area (Å²) in [4.78, 5) is 39.7. The van der Waals surface area contributed by atoms with Gasteiger partial charge in [0.05, 0.1) is 28.4 Å². The molecular formula is C27H22F2N4O5S. The number of pyridine rings is 1. The molecule has 0 atom stereocenters. The fourth-order valence-electron chi connectivity index (χ4n) is 3.40. The normalized spacial score (nSPS) is 10.5. The lowest BCUT2D eigenvalue weighted by molar-refractivity contribution is -0.136. The van der Waals surface area contributed by atoms with Crippen LogP contribution in [-0.2, 0) is 4.79 Å². The van der Waals surface area contributed by atoms with E-state index in [-0.39, 0.29) is 36.0 Å². The number of aryl methyl sites for hydroxylation is 1. The third-order valence-electron chi connectivity index (χ3n) is 5.27. The molecule has 0 fully saturated rings. The highest BCUT2D eigenvalue weighted by Crippen LogP contribution is 2.30. The minimum Gasteiger partial charge on any atom is -0.481 e. The van der Waals surface area contributed by atoms with Crippen LogP contribution in [0.4, 0.5) is 25.0 Å². The topological polar surface area (TPSA) is 130 Å². The van der Waals surface area contributed by atoms with Crippen molar-refractivity contribution >= 4 is 40.6 Å². The second-order valence-electron chi connectivity index (χ2n) is 8.28. The Morgan fingerprint density at radius 1 is 0.949 bits per heavy atom. The number of carboxylic acid groups (broad SMARTS) is 1. The second-order valence-corrected chi connectivity index (χ2v) is 9.19. The van der Waals surface area contributed by atoms with Crippen molar-refractivity contribution in [2.24, 2.45) is 0 Å². The molecule has 200 valence electrons. The number of amides is 3. The first-order valence-electron chi connectivity index (χ1n) is 11.5. The van der Waals surface area contributed by atoms with E-state index in [4.69, 9.17) is 9.84 Å². The van der Waals surface area contributed by atoms with Crippen LogP contribution in [0.2, 0.25) is 0 Å². The summed E-state index contributed by atoms with van der Waals surface area (Å²) in [5, 5.41) is 17.6. The number of nitrogens with zero attached hydrogens (tertiary/aromatic N) is 1. The molecule has 0 saturated carbocycles. The fourth-order valence-corrected chi connectivity index (χ4v) is 4.22. The molecule has 39 heavy (non-hydrogen) atoms. The Morgan fingerprint density at radius 2 is 1.72 bits per heavy atom. The molecule has 12 heteroatoms. The lowest BCUT2D eigenvalue weighted by Gasteiger charge is -2.11. The lowest BCUT2D eigenvalue weighted by Crippen LogP contribution is -2.25. The Morgan fingerprint density at radius 3 is 2.49 bits per heavy atom. The van der Waals surface area contributed by atoms with Crippen LogP contribution in [0, 0.1) is 18.6 Å². The van der Waals surface area contributed by atoms with Crippen LogP contribution in [0.25, 0.3) is 11.3 Å². The molecule has 0 saturated heterocycles. The standard InChI is InChI=1S/C27H22F2N4O5S/c1-15-2-4-19(28)23(10-15)33-27(37)32-21-5-3-17(12-20(21)29)38-18-6-8-30-22(13-18)16-11-24(39-14-16)26(36)31-9-7-25(34)35/h2-6,8,10-14H,7,9H2,1H3,(H,31,36)(H,34,35)(H2,32,33,37). The maximum absolute atomic E-state index is 14.7. The summed E-state index contributed by atoms with van der Waals surface area (Å²) in [6, 6.07) is 12.1. The van der Waals surface area contributed by atoms with E-state index in [0.717, 1.165) is 11.6 Å². The minimum absolute atomic E-state index is 0.0177. The zero-order chi connectivity index (χ0) is 27.9. The van der Waals surface area contributed by atoms with Crippen molar-refractivity contribution in [3.8, 4) is 22.8 Å². The summed E-state index contributed by atoms with van der Waals surface area (Å²) in [6.07, 6.45) is 1.32. The largest absolute Gasteiger partial charge is 0.481 e. The molecule has 0 unspecified atom stereocenters. The van der Waals surface area contributed by atoms with E-state index >= 15 is 0 Å². The van der Waals surface area contributed by atoms with E-state index in [9.17, 15) is 23.2 Å². The number of urea groups is 1. The minimum atomic E-state index is -1.01. The highest BCUT2D eigenvalue weighted by molar-refractivity contribution is 7.12. The van der Waals surface area contributed by atoms with Gasteiger partial charge < -0.3 is 25.8 Å². The van der Waals surface area contributed by atoms with E-state index in [1.807, 2.05) is 0 Å². The summed E-state index contributed by atoms with van der Waals surface area (Å²) in [7, 11) is 0. The van der Waals surface area contributed by atoms with Gasteiger partial charge in [-0.05, 0) is 48.9 Å². The highest BCUT2D eigenvalue weighted by Gasteiger charge is 2.14. The highest BCUT2D eigenvalue weighted by atomic mass is 32.1. The summed E-state index contributed by atoms with van der Waals surface area (Å²) >= 11 is 1.18. The van der Waals surface area contributed by atoms with Crippen LogP contribution in [0.5, 0.6) is 11.5 Å². The van der Waals surface area contributed by atoms with Gasteiger partial charge in [0, 0.05) is 35.8 Å². The third kappa shape index (κ3) is 7.36. The summed E-state index contributed by atoms with van der Waals surface area (Å²) in [6.45, 7) is 1.76. The number of aliphatic carboxylic acids is 1. The predicted octanol–water partition coefficient (Wildman–Crippen LogP) is 6.04. The number of nitrogens with one attached hydrogen (secondary N) is 3. The smallest absolute Gasteiger partial charge is 0.323 e. The van der Waals surface area contributed by atoms with Gasteiger partial charge in [-0.25, -0.2) is 13.6 Å². The number of carboxylic acids is 1. The fraction of sp³-hybridized carbons (Fsp3) is 0.111. The Kier molecular flexibility index (Phi) is 8.46. The average Bonchev–Trinajstić information content (AvgIpc) is 3.38. The van der Waals surface area contributed by atoms with Crippen molar-refractivity contribution < 1.29 is 33.0 Å². The number of anilines is 2. The van der Waals surface area contributed by atoms with Crippen LogP contribution in [0.3, 0.4) is 0 Å². The van der Waals surface area contributed by atoms with Crippen LogP contribution in [0.15, 0.2) is 66.2 Å². The van der Waals surface area contributed by atoms with E-state index in [1.165, 1.54) is 41.8 Å². The van der Waals surface area contributed by atoms with E-state index in [0.29, 0.717) is 21.9 Å². The van der Waals surface area contributed by atoms with Gasteiger partial charge in [-0.15, -0.1) is 11.3 Å². The average molecular weight is 553 g/mol. The molecule has 2 aromatic carbocycles. The zero-order valence-corrected chi connectivity index (χ0v) is 21.3. The van der Waals surface area contributed by atoms with Crippen molar-refractivity contribution in [1.82, 2.24) is 10.3 Å². The Balaban J connectivity index is 1.39. The molecule has 4 aromatic rings. The number of halogens is 2. The molecule has 0 aliphatic rings. The third-order valence-corrected chi connectivity index (χ3v) is 6.20. The van der Waals surface area contributed by atoms with Gasteiger partial charge in [0.25, 0.3) is 5.91 Å². The Bertz CT molecular complexity index is 1540. The number of benzene rings is 2. The van der Waals surface area contributed by atoms with Gasteiger partial charge >= 0.3 is 12.0 Å². The van der Waals surface area contributed by atoms with Gasteiger partial charge in [0.15, 0.2) is 0 Å². The van der Waals surface area contributed by atoms with Gasteiger partial charge in [-0.1, -0.05) is 6.07 Å². The molecule has 0 aliphatic heterocycles. The van der Waals surface area contributed by atoms with E-state index < -0.39 is 23.6 Å². The summed E-state index contributed by atoms with van der Waals surface area (Å²) < 4.78 is 34.3. The number of carbonyl (C=O) groups is 3. The van der Waals surface area contributed by atoms with Crippen LogP contribution in [0.1, 0.15) is 21.7 Å². The number of aromatic nitrogens is 1. The monoisotopic (exact) mass is 552 g/mol. The molecule has 0 radical (unpaired) electrons. The van der Waals surface area contributed by atoms with Gasteiger partial charge in [-0.3, -0.25) is 14.6 Å². The number of rotatable bonds is 9. The number of carbonyl (C=O) groups excluding carboxylic acids is 2. The van der Waals surface area contributed by atoms with E-state index in [1.54, 1.807) is 36.6 Å². The molecule has 2 aromatic heterocycles. The lowest BCUT2D eigenvalue weighted by atomic mass is 10.2. The van der Waals surface area contributed by atoms with Gasteiger partial charge in [0.1, 0.15) is 23.1 Å². The first-order valence-corrected chi connectivity index (χ1v) is 12.4. The molecule has 9 nitrogen and oxygen atoms in total. The SMILES string of the molecule is Cc1ccc(F)c(NC(=O)Nc2ccc(Oc3ccnc(-c4csc(C(=O)NCCC(=O)O)c4)c3)cc2F)c1. The Hall–Kier alpha value is -4.84. The van der Waals surface area contributed by atoms with Crippen LogP contribution >= 0.6 is 11.3 Å². The van der Waals surface area contributed by atoms with Crippen LogP contribution < -0.4 is 20.7 Å². The van der Waals surface area contributed by atoms with Gasteiger partial charge in [0.2, 0.25) is 0 Å². The van der Waals surface area contributed by atoms with Gasteiger partial charge in [-0.2, -0.15) is 0 Å². The maximum atomic E-state index is 14.7. The first-order chi connectivity index (χ1) is 18.7. The predicted molar refractivity (Wildman–Crippen MR) is 142 cm³/mol. The molecule has 0 aliphatic carbocycles. The zero-order valence-electron chi connectivity index (χ0n) is 20.5. The molecular weight excluding hydrogens is 530 g/mol. The van der Waals surface area contributed by atoms with Crippen molar-refractivity contribution in [3.05, 3.63) is 88.2 Å². The number of hydrogen-bond donors (Lipinski definition) is 4. The summed E-state index contributed by atoms with van der Waals surface area (Å²) in [5.41, 5.74) is 1.74. The second kappa shape index (κ2) is 12.1. The molecule has 0 bridgehead atoms. The number of hydrogen-bond acceptors (Lipinski definition) is 6. The van der Waals surface area contributed by atoms with E-state index in [2.05, 4.69) is 20.9 Å². The quantitative estimate of drug-likeness (QED) is 0.200. The van der Waals surface area contributed by atoms with Crippen molar-refractivity contribution in [3.63, 3.8) is 0 Å². The molecule has 4 rings (SSSR count). The Labute approximate surface area is 225 Å². The van der Waals surface area contributed by atoms with Crippen molar-refractivity contribution in [1.29, 1.82) is 0 Å². The van der Waals surface area contributed by atoms with Crippen LogP contribution in [-0.4, -0.2) is 34.5 Å². The molecule has 4 N–H and O–H groups in total. The van der Waals surface area contributed by atoms with Crippen molar-refractivity contribution in [2.45, 2.75) is 13.3 Å². The van der Waals surface area contributed by atoms with Crippen molar-refractivity contribution in [2.75, 3.05) is 17.2 Å². The molecule has 3 amide bonds. The number of thiophene rings is 1. The maximum Gasteiger partial charge on any atom is 0.323 e. The first kappa shape index (κ1) is 27.2. The summed E-state index contributed by atoms with van der Waals surface area (Å²) in [5.74, 6) is -2.26. The number of ether oxygens (including phenoxy) is 1. The molecule has 2 heterocycles. The molecule has 0 spiro atoms.